The van der Waals surface area contributed by atoms with E-state index in [0.717, 1.165) is 17.4 Å². The van der Waals surface area contributed by atoms with Crippen molar-refractivity contribution in [3.8, 4) is 0 Å². The van der Waals surface area contributed by atoms with Crippen LogP contribution in [0.2, 0.25) is 5.02 Å². The number of piperidine rings is 1. The zero-order valence-corrected chi connectivity index (χ0v) is 19.6. The molecular weight excluding hydrogens is 494 g/mol. The molecule has 1 aliphatic heterocycles. The van der Waals surface area contributed by atoms with Crippen molar-refractivity contribution in [3.05, 3.63) is 34.9 Å². The van der Waals surface area contributed by atoms with Crippen LogP contribution in [0.4, 0.5) is 26.3 Å². The van der Waals surface area contributed by atoms with Crippen LogP contribution in [0, 0.1) is 5.92 Å². The van der Waals surface area contributed by atoms with Gasteiger partial charge in [-0.05, 0) is 83.0 Å². The number of hydrogen-bond acceptors (Lipinski definition) is 4. The van der Waals surface area contributed by atoms with Gasteiger partial charge in [-0.1, -0.05) is 23.7 Å². The number of nitrogens with zero attached hydrogens (tertiary/aromatic N) is 2. The number of carboxylic acids is 2. The maximum Gasteiger partial charge on any atom is 0.490 e. The highest BCUT2D eigenvalue weighted by molar-refractivity contribution is 6.30. The summed E-state index contributed by atoms with van der Waals surface area (Å²) in [4.78, 5) is 22.7. The summed E-state index contributed by atoms with van der Waals surface area (Å²) < 4.78 is 63.5. The third-order valence-electron chi connectivity index (χ3n) is 4.79. The average molecular weight is 523 g/mol. The molecule has 0 bridgehead atoms. The Balaban J connectivity index is 0.000000642. The molecule has 2 rings (SSSR count). The zero-order valence-electron chi connectivity index (χ0n) is 18.8. The Morgan fingerprint density at radius 3 is 1.94 bits per heavy atom. The number of halogens is 7. The van der Waals surface area contributed by atoms with Gasteiger partial charge in [-0.2, -0.15) is 26.3 Å². The number of carbonyl (C=O) groups is 2. The molecule has 6 nitrogen and oxygen atoms in total. The molecule has 0 aliphatic carbocycles. The predicted molar refractivity (Wildman–Crippen MR) is 115 cm³/mol. The molecule has 0 unspecified atom stereocenters. The van der Waals surface area contributed by atoms with Crippen molar-refractivity contribution in [2.45, 2.75) is 38.0 Å². The fourth-order valence-electron chi connectivity index (χ4n) is 3.02. The quantitative estimate of drug-likeness (QED) is 0.522. The fraction of sp³-hybridized carbons (Fsp3) is 0.619. The van der Waals surface area contributed by atoms with Crippen LogP contribution in [0.15, 0.2) is 24.3 Å². The Morgan fingerprint density at radius 2 is 1.53 bits per heavy atom. The molecular formula is C21H29ClF6N2O4. The first kappa shape index (κ1) is 31.9. The van der Waals surface area contributed by atoms with Crippen LogP contribution >= 0.6 is 11.6 Å². The van der Waals surface area contributed by atoms with E-state index in [1.807, 2.05) is 12.1 Å². The second-order valence-electron chi connectivity index (χ2n) is 7.85. The standard InChI is InChI=1S/C17H27ClN2.2C2HF3O2/c1-19-11-8-16(9-12-19)14-20(2)10-4-6-15-5-3-7-17(18)13-15;2*3-2(4,5)1(6)7/h3,5,7,13,16H,4,6,8-12,14H2,1-2H3;2*(H,6,7). The topological polar surface area (TPSA) is 81.1 Å². The summed E-state index contributed by atoms with van der Waals surface area (Å²) in [6, 6.07) is 8.23. The van der Waals surface area contributed by atoms with E-state index in [-0.39, 0.29) is 0 Å². The van der Waals surface area contributed by atoms with Crippen LogP contribution in [-0.2, 0) is 16.0 Å². The maximum atomic E-state index is 10.6. The summed E-state index contributed by atoms with van der Waals surface area (Å²) in [6.45, 7) is 4.96. The van der Waals surface area contributed by atoms with E-state index >= 15 is 0 Å². The smallest absolute Gasteiger partial charge is 0.475 e. The summed E-state index contributed by atoms with van der Waals surface area (Å²) >= 11 is 6.01. The Hall–Kier alpha value is -2.05. The summed E-state index contributed by atoms with van der Waals surface area (Å²) in [5.41, 5.74) is 1.35. The van der Waals surface area contributed by atoms with Crippen LogP contribution in [0.1, 0.15) is 24.8 Å². The minimum atomic E-state index is -5.08. The molecule has 1 aromatic rings. The lowest BCUT2D eigenvalue weighted by atomic mass is 9.96. The lowest BCUT2D eigenvalue weighted by Gasteiger charge is -2.31. The van der Waals surface area contributed by atoms with Crippen molar-refractivity contribution < 1.29 is 46.1 Å². The molecule has 2 N–H and O–H groups in total. The largest absolute Gasteiger partial charge is 0.490 e. The highest BCUT2D eigenvalue weighted by Crippen LogP contribution is 2.17. The van der Waals surface area contributed by atoms with Crippen molar-refractivity contribution in [1.29, 1.82) is 0 Å². The summed E-state index contributed by atoms with van der Waals surface area (Å²) in [6.07, 6.45) is -5.12. The molecule has 1 heterocycles. The molecule has 1 saturated heterocycles. The van der Waals surface area contributed by atoms with Crippen molar-refractivity contribution in [2.24, 2.45) is 5.92 Å². The molecule has 0 aromatic heterocycles. The lowest BCUT2D eigenvalue weighted by Crippen LogP contribution is -2.36. The maximum absolute atomic E-state index is 10.6. The van der Waals surface area contributed by atoms with E-state index in [1.54, 1.807) is 0 Å². The number of aliphatic carboxylic acids is 2. The molecule has 0 spiro atoms. The van der Waals surface area contributed by atoms with Crippen LogP contribution in [0.25, 0.3) is 0 Å². The average Bonchev–Trinajstić information content (AvgIpc) is 2.69. The highest BCUT2D eigenvalue weighted by Gasteiger charge is 2.38. The Morgan fingerprint density at radius 1 is 1.06 bits per heavy atom. The van der Waals surface area contributed by atoms with E-state index in [9.17, 15) is 26.3 Å². The predicted octanol–water partition coefficient (Wildman–Crippen LogP) is 4.81. The normalized spacial score (nSPS) is 15.1. The monoisotopic (exact) mass is 522 g/mol. The van der Waals surface area contributed by atoms with Crippen molar-refractivity contribution in [3.63, 3.8) is 0 Å². The minimum absolute atomic E-state index is 0.849. The van der Waals surface area contributed by atoms with E-state index in [1.165, 1.54) is 51.0 Å². The van der Waals surface area contributed by atoms with Crippen molar-refractivity contribution >= 4 is 23.5 Å². The van der Waals surface area contributed by atoms with Crippen LogP contribution < -0.4 is 0 Å². The molecule has 196 valence electrons. The van der Waals surface area contributed by atoms with Gasteiger partial charge in [0.2, 0.25) is 0 Å². The highest BCUT2D eigenvalue weighted by atomic mass is 35.5. The van der Waals surface area contributed by atoms with E-state index < -0.39 is 24.3 Å². The molecule has 1 aromatic carbocycles. The van der Waals surface area contributed by atoms with Crippen molar-refractivity contribution in [2.75, 3.05) is 40.3 Å². The van der Waals surface area contributed by atoms with E-state index in [0.29, 0.717) is 0 Å². The number of carboxylic acid groups (broad SMARTS) is 2. The fourth-order valence-corrected chi connectivity index (χ4v) is 3.24. The molecule has 34 heavy (non-hydrogen) atoms. The molecule has 1 fully saturated rings. The number of benzene rings is 1. The van der Waals surface area contributed by atoms with E-state index in [4.69, 9.17) is 31.4 Å². The van der Waals surface area contributed by atoms with Gasteiger partial charge in [-0.15, -0.1) is 0 Å². The van der Waals surface area contributed by atoms with Crippen LogP contribution in [-0.4, -0.2) is 84.6 Å². The summed E-state index contributed by atoms with van der Waals surface area (Å²) in [5.74, 6) is -4.62. The van der Waals surface area contributed by atoms with Gasteiger partial charge in [-0.3, -0.25) is 0 Å². The summed E-state index contributed by atoms with van der Waals surface area (Å²) in [5, 5.41) is 15.1. The van der Waals surface area contributed by atoms with Gasteiger partial charge in [-0.25, -0.2) is 9.59 Å². The first-order valence-corrected chi connectivity index (χ1v) is 10.6. The molecule has 0 atom stereocenters. The Kier molecular flexibility index (Phi) is 14.1. The minimum Gasteiger partial charge on any atom is -0.475 e. The van der Waals surface area contributed by atoms with Gasteiger partial charge in [0.05, 0.1) is 0 Å². The Bertz CT molecular complexity index is 730. The number of aryl methyl sites for hydroxylation is 1. The SMILES string of the molecule is CN1CCC(CN(C)CCCc2cccc(Cl)c2)CC1.O=C(O)C(F)(F)F.O=C(O)C(F)(F)F. The second kappa shape index (κ2) is 15.0. The van der Waals surface area contributed by atoms with Crippen LogP contribution in [0.5, 0.6) is 0 Å². The molecule has 0 radical (unpaired) electrons. The first-order chi connectivity index (χ1) is 15.5. The number of hydrogen-bond donors (Lipinski definition) is 2. The van der Waals surface area contributed by atoms with Gasteiger partial charge in [0.15, 0.2) is 0 Å². The van der Waals surface area contributed by atoms with Gasteiger partial charge in [0.1, 0.15) is 0 Å². The third kappa shape index (κ3) is 15.7. The third-order valence-corrected chi connectivity index (χ3v) is 5.02. The number of likely N-dealkylation sites (tertiary alicyclic amines) is 1. The molecule has 13 heteroatoms. The zero-order chi connectivity index (χ0) is 26.5. The molecule has 0 saturated carbocycles. The summed E-state index contributed by atoms with van der Waals surface area (Å²) in [7, 11) is 4.49. The molecule has 1 aliphatic rings. The second-order valence-corrected chi connectivity index (χ2v) is 8.28. The van der Waals surface area contributed by atoms with Gasteiger partial charge in [0.25, 0.3) is 0 Å². The Labute approximate surface area is 199 Å². The van der Waals surface area contributed by atoms with Gasteiger partial charge < -0.3 is 20.0 Å². The van der Waals surface area contributed by atoms with Gasteiger partial charge >= 0.3 is 24.3 Å². The number of alkyl halides is 6. The lowest BCUT2D eigenvalue weighted by molar-refractivity contribution is -0.193. The molecule has 0 amide bonds. The van der Waals surface area contributed by atoms with Crippen LogP contribution in [0.3, 0.4) is 0 Å². The number of rotatable bonds is 6. The van der Waals surface area contributed by atoms with E-state index in [2.05, 4.69) is 36.0 Å². The first-order valence-electron chi connectivity index (χ1n) is 10.2. The van der Waals surface area contributed by atoms with Crippen molar-refractivity contribution in [1.82, 2.24) is 9.80 Å². The van der Waals surface area contributed by atoms with Gasteiger partial charge in [0, 0.05) is 11.6 Å².